The normalized spacial score (nSPS) is 10.9. The van der Waals surface area contributed by atoms with Crippen LogP contribution in [0.25, 0.3) is 0 Å². The molecule has 6 nitrogen and oxygen atoms in total. The molecule has 0 heterocycles. The summed E-state index contributed by atoms with van der Waals surface area (Å²) in [7, 11) is 0. The second-order valence-corrected chi connectivity index (χ2v) is 8.75. The first-order valence-electron chi connectivity index (χ1n) is 13.2. The van der Waals surface area contributed by atoms with Gasteiger partial charge < -0.3 is 19.7 Å². The minimum Gasteiger partial charge on any atom is -0.466 e. The van der Waals surface area contributed by atoms with Crippen LogP contribution in [0.1, 0.15) is 128 Å². The lowest BCUT2D eigenvalue weighted by molar-refractivity contribution is -0.144. The Labute approximate surface area is 196 Å². The van der Waals surface area contributed by atoms with E-state index in [4.69, 9.17) is 19.7 Å². The maximum Gasteiger partial charge on any atom is 0.305 e. The van der Waals surface area contributed by atoms with Gasteiger partial charge in [-0.25, -0.2) is 0 Å². The van der Waals surface area contributed by atoms with Gasteiger partial charge in [-0.15, -0.1) is 0 Å². The van der Waals surface area contributed by atoms with Gasteiger partial charge in [0.25, 0.3) is 0 Å². The zero-order valence-corrected chi connectivity index (χ0v) is 20.5. The number of carbonyl (C=O) groups excluding carboxylic acids is 2. The molecule has 0 aliphatic rings. The molecule has 0 aromatic heterocycles. The number of hydrogen-bond donors (Lipinski definition) is 2. The van der Waals surface area contributed by atoms with E-state index in [0.29, 0.717) is 26.1 Å². The number of ether oxygens (including phenoxy) is 2. The van der Waals surface area contributed by atoms with Crippen molar-refractivity contribution in [1.82, 2.24) is 0 Å². The van der Waals surface area contributed by atoms with Gasteiger partial charge in [0.1, 0.15) is 0 Å². The maximum absolute atomic E-state index is 11.7. The highest BCUT2D eigenvalue weighted by Crippen LogP contribution is 2.10. The van der Waals surface area contributed by atoms with Crippen LogP contribution in [0.3, 0.4) is 0 Å². The fourth-order valence-electron chi connectivity index (χ4n) is 3.60. The van der Waals surface area contributed by atoms with Gasteiger partial charge in [-0.3, -0.25) is 9.59 Å². The summed E-state index contributed by atoms with van der Waals surface area (Å²) in [4.78, 5) is 23.3. The Hall–Kier alpha value is -1.14. The summed E-state index contributed by atoms with van der Waals surface area (Å²) in [6, 6.07) is 0. The Morgan fingerprint density at radius 3 is 1.03 bits per heavy atom. The fourth-order valence-corrected chi connectivity index (χ4v) is 3.60. The molecule has 190 valence electrons. The number of carbonyl (C=O) groups is 2. The Balaban J connectivity index is 3.23. The molecule has 0 aromatic rings. The summed E-state index contributed by atoms with van der Waals surface area (Å²) in [6.45, 7) is 1.59. The predicted octanol–water partition coefficient (Wildman–Crippen LogP) is 5.86. The van der Waals surface area contributed by atoms with Crippen LogP contribution in [-0.2, 0) is 19.1 Å². The Morgan fingerprint density at radius 2 is 0.688 bits per heavy atom. The monoisotopic (exact) mass is 458 g/mol. The Kier molecular flexibility index (Phi) is 25.2. The summed E-state index contributed by atoms with van der Waals surface area (Å²) in [6.07, 6.45) is 19.6. The molecule has 0 aliphatic heterocycles. The zero-order valence-electron chi connectivity index (χ0n) is 20.5. The average molecular weight is 459 g/mol. The van der Waals surface area contributed by atoms with Crippen LogP contribution in [0.15, 0.2) is 0 Å². The van der Waals surface area contributed by atoms with Crippen molar-refractivity contribution in [3.05, 3.63) is 0 Å². The van der Waals surface area contributed by atoms with E-state index < -0.39 is 0 Å². The van der Waals surface area contributed by atoms with Gasteiger partial charge in [-0.05, 0) is 38.5 Å². The molecule has 0 bridgehead atoms. The van der Waals surface area contributed by atoms with Gasteiger partial charge in [0.15, 0.2) is 0 Å². The van der Waals surface area contributed by atoms with Gasteiger partial charge in [0.05, 0.1) is 13.2 Å². The van der Waals surface area contributed by atoms with Crippen molar-refractivity contribution in [3.63, 3.8) is 0 Å². The molecule has 0 unspecified atom stereocenters. The van der Waals surface area contributed by atoms with E-state index in [1.165, 1.54) is 0 Å². The molecule has 0 spiro atoms. The first-order chi connectivity index (χ1) is 15.7. The van der Waals surface area contributed by atoms with Crippen LogP contribution >= 0.6 is 0 Å². The van der Waals surface area contributed by atoms with E-state index in [9.17, 15) is 9.59 Å². The number of rotatable bonds is 25. The molecule has 0 aliphatic carbocycles. The minimum atomic E-state index is -0.0797. The second kappa shape index (κ2) is 26.1. The Bertz CT molecular complexity index is 375. The van der Waals surface area contributed by atoms with E-state index in [-0.39, 0.29) is 25.2 Å². The average Bonchev–Trinajstić information content (AvgIpc) is 2.79. The standard InChI is InChI=1S/C26H50O6/c27-21-15-9-3-1-7-13-19-25(29)31-23-17-11-5-6-12-18-24-32-26(30)20-14-8-2-4-10-16-22-28/h27-28H,1-24H2. The third-order valence-corrected chi connectivity index (χ3v) is 5.64. The molecule has 0 rings (SSSR count). The SMILES string of the molecule is O=C(CCCCCCCCO)OCCCCCCCCOC(=O)CCCCCCCCO. The van der Waals surface area contributed by atoms with Crippen LogP contribution in [-0.4, -0.2) is 48.6 Å². The molecule has 0 fully saturated rings. The molecule has 0 atom stereocenters. The summed E-state index contributed by atoms with van der Waals surface area (Å²) < 4.78 is 10.6. The zero-order chi connectivity index (χ0) is 23.5. The Morgan fingerprint density at radius 1 is 0.406 bits per heavy atom. The van der Waals surface area contributed by atoms with Gasteiger partial charge in [0, 0.05) is 26.1 Å². The number of aliphatic hydroxyl groups excluding tert-OH is 2. The fraction of sp³-hybridized carbons (Fsp3) is 0.923. The highest BCUT2D eigenvalue weighted by molar-refractivity contribution is 5.69. The number of hydrogen-bond acceptors (Lipinski definition) is 6. The molecule has 0 radical (unpaired) electrons. The van der Waals surface area contributed by atoms with E-state index in [2.05, 4.69) is 0 Å². The van der Waals surface area contributed by atoms with Crippen molar-refractivity contribution >= 4 is 11.9 Å². The lowest BCUT2D eigenvalue weighted by atomic mass is 10.1. The second-order valence-electron chi connectivity index (χ2n) is 8.75. The van der Waals surface area contributed by atoms with Crippen LogP contribution in [0.5, 0.6) is 0 Å². The van der Waals surface area contributed by atoms with E-state index in [0.717, 1.165) is 116 Å². The highest BCUT2D eigenvalue weighted by atomic mass is 16.5. The van der Waals surface area contributed by atoms with Crippen molar-refractivity contribution < 1.29 is 29.3 Å². The highest BCUT2D eigenvalue weighted by Gasteiger charge is 2.04. The quantitative estimate of drug-likeness (QED) is 0.131. The molecule has 0 saturated heterocycles. The molecule has 0 aromatic carbocycles. The van der Waals surface area contributed by atoms with E-state index in [1.54, 1.807) is 0 Å². The molecule has 6 heteroatoms. The number of unbranched alkanes of at least 4 members (excludes halogenated alkanes) is 15. The smallest absolute Gasteiger partial charge is 0.305 e. The topological polar surface area (TPSA) is 93.1 Å². The van der Waals surface area contributed by atoms with Crippen molar-refractivity contribution in [3.8, 4) is 0 Å². The maximum atomic E-state index is 11.7. The van der Waals surface area contributed by atoms with Gasteiger partial charge in [0.2, 0.25) is 0 Å². The van der Waals surface area contributed by atoms with Crippen LogP contribution in [0.4, 0.5) is 0 Å². The van der Waals surface area contributed by atoms with Crippen molar-refractivity contribution in [1.29, 1.82) is 0 Å². The van der Waals surface area contributed by atoms with Crippen molar-refractivity contribution in [2.75, 3.05) is 26.4 Å². The molecular formula is C26H50O6. The minimum absolute atomic E-state index is 0.0797. The first kappa shape index (κ1) is 30.9. The summed E-state index contributed by atoms with van der Waals surface area (Å²) in [5, 5.41) is 17.4. The lowest BCUT2D eigenvalue weighted by Gasteiger charge is -2.06. The third kappa shape index (κ3) is 25.1. The van der Waals surface area contributed by atoms with Crippen LogP contribution in [0, 0.1) is 0 Å². The summed E-state index contributed by atoms with van der Waals surface area (Å²) >= 11 is 0. The van der Waals surface area contributed by atoms with E-state index >= 15 is 0 Å². The number of aliphatic hydroxyl groups is 2. The van der Waals surface area contributed by atoms with Crippen LogP contribution < -0.4 is 0 Å². The number of esters is 2. The molecule has 2 N–H and O–H groups in total. The van der Waals surface area contributed by atoms with E-state index in [1.807, 2.05) is 0 Å². The summed E-state index contributed by atoms with van der Waals surface area (Å²) in [5.41, 5.74) is 0. The summed E-state index contributed by atoms with van der Waals surface area (Å²) in [5.74, 6) is -0.159. The molecule has 0 saturated carbocycles. The molecule has 32 heavy (non-hydrogen) atoms. The van der Waals surface area contributed by atoms with Crippen LogP contribution in [0.2, 0.25) is 0 Å². The van der Waals surface area contributed by atoms with Crippen molar-refractivity contribution in [2.45, 2.75) is 128 Å². The molecule has 0 amide bonds. The predicted molar refractivity (Wildman–Crippen MR) is 128 cm³/mol. The van der Waals surface area contributed by atoms with Gasteiger partial charge in [-0.2, -0.15) is 0 Å². The molecular weight excluding hydrogens is 408 g/mol. The van der Waals surface area contributed by atoms with Crippen molar-refractivity contribution in [2.24, 2.45) is 0 Å². The lowest BCUT2D eigenvalue weighted by Crippen LogP contribution is -2.06. The first-order valence-corrected chi connectivity index (χ1v) is 13.2. The third-order valence-electron chi connectivity index (χ3n) is 5.64. The van der Waals surface area contributed by atoms with Gasteiger partial charge in [-0.1, -0.05) is 77.0 Å². The van der Waals surface area contributed by atoms with Gasteiger partial charge >= 0.3 is 11.9 Å². The largest absolute Gasteiger partial charge is 0.466 e.